The van der Waals surface area contributed by atoms with E-state index in [-0.39, 0.29) is 5.92 Å². The standard InChI is InChI=1S/C27H34N2O2/c1-31-23-13-7-12-22(16-23)24-19-29(27(30)21-10-5-6-11-21)26-14-15-28(18-25(24)26)17-20-8-3-2-4-9-20/h2-4,7-9,12-13,16,21,24-26H,5-6,10-11,14-15,17-19H2,1H3/t24-,25-,26-/m1/s1. The van der Waals surface area contributed by atoms with Crippen molar-refractivity contribution in [2.45, 2.75) is 50.6 Å². The lowest BCUT2D eigenvalue weighted by Gasteiger charge is -2.39. The van der Waals surface area contributed by atoms with Gasteiger partial charge in [-0.3, -0.25) is 9.69 Å². The van der Waals surface area contributed by atoms with Gasteiger partial charge in [0.15, 0.2) is 0 Å². The minimum atomic E-state index is 0.257. The summed E-state index contributed by atoms with van der Waals surface area (Å²) in [5.41, 5.74) is 2.69. The Kier molecular flexibility index (Phi) is 5.99. The second kappa shape index (κ2) is 9.04. The lowest BCUT2D eigenvalue weighted by atomic mass is 9.81. The monoisotopic (exact) mass is 418 g/mol. The smallest absolute Gasteiger partial charge is 0.225 e. The molecule has 2 saturated heterocycles. The molecule has 4 heteroatoms. The van der Waals surface area contributed by atoms with Crippen molar-refractivity contribution in [2.24, 2.45) is 11.8 Å². The zero-order chi connectivity index (χ0) is 21.2. The number of likely N-dealkylation sites (tertiary alicyclic amines) is 2. The third-order valence-electron chi connectivity index (χ3n) is 7.77. The van der Waals surface area contributed by atoms with Gasteiger partial charge in [-0.2, -0.15) is 0 Å². The summed E-state index contributed by atoms with van der Waals surface area (Å²) < 4.78 is 5.52. The van der Waals surface area contributed by atoms with Crippen molar-refractivity contribution in [3.8, 4) is 5.75 Å². The number of carbonyl (C=O) groups is 1. The van der Waals surface area contributed by atoms with Crippen LogP contribution in [0.1, 0.15) is 49.1 Å². The highest BCUT2D eigenvalue weighted by Gasteiger charge is 2.48. The summed E-state index contributed by atoms with van der Waals surface area (Å²) in [6.45, 7) is 3.97. The SMILES string of the molecule is COc1cccc([C@H]2CN(C(=O)C3CCCC3)[C@@H]3CCN(Cc4ccccc4)C[C@H]23)c1. The molecule has 3 aliphatic rings. The highest BCUT2D eigenvalue weighted by molar-refractivity contribution is 5.80. The molecule has 3 fully saturated rings. The van der Waals surface area contributed by atoms with Crippen molar-refractivity contribution in [3.63, 3.8) is 0 Å². The summed E-state index contributed by atoms with van der Waals surface area (Å²) in [5, 5.41) is 0. The van der Waals surface area contributed by atoms with Crippen molar-refractivity contribution in [3.05, 3.63) is 65.7 Å². The number of fused-ring (bicyclic) bond motifs is 1. The van der Waals surface area contributed by atoms with Crippen LogP contribution in [0.25, 0.3) is 0 Å². The zero-order valence-corrected chi connectivity index (χ0v) is 18.6. The van der Waals surface area contributed by atoms with Gasteiger partial charge in [0, 0.05) is 50.0 Å². The Labute approximate surface area is 186 Å². The quantitative estimate of drug-likeness (QED) is 0.705. The molecular formula is C27H34N2O2. The number of benzene rings is 2. The van der Waals surface area contributed by atoms with Gasteiger partial charge in [-0.1, -0.05) is 55.3 Å². The fourth-order valence-electron chi connectivity index (χ4n) is 6.18. The topological polar surface area (TPSA) is 32.8 Å². The molecule has 2 aromatic rings. The van der Waals surface area contributed by atoms with Crippen LogP contribution in [0.15, 0.2) is 54.6 Å². The van der Waals surface area contributed by atoms with Crippen LogP contribution >= 0.6 is 0 Å². The Bertz CT molecular complexity index is 893. The van der Waals surface area contributed by atoms with Crippen LogP contribution in [0.4, 0.5) is 0 Å². The molecule has 1 amide bonds. The fraction of sp³-hybridized carbons (Fsp3) is 0.519. The molecular weight excluding hydrogens is 384 g/mol. The average Bonchev–Trinajstić information content (AvgIpc) is 3.48. The van der Waals surface area contributed by atoms with Gasteiger partial charge in [-0.15, -0.1) is 0 Å². The molecule has 0 unspecified atom stereocenters. The molecule has 0 aromatic heterocycles. The van der Waals surface area contributed by atoms with E-state index in [1.807, 2.05) is 6.07 Å². The highest BCUT2D eigenvalue weighted by Crippen LogP contribution is 2.44. The number of carbonyl (C=O) groups excluding carboxylic acids is 1. The van der Waals surface area contributed by atoms with Gasteiger partial charge in [0.25, 0.3) is 0 Å². The molecule has 2 aromatic carbocycles. The second-order valence-corrected chi connectivity index (χ2v) is 9.60. The molecule has 0 spiro atoms. The van der Waals surface area contributed by atoms with Crippen LogP contribution < -0.4 is 4.74 Å². The first-order valence-corrected chi connectivity index (χ1v) is 11.9. The van der Waals surface area contributed by atoms with Crippen molar-refractivity contribution >= 4 is 5.91 Å². The number of amides is 1. The van der Waals surface area contributed by atoms with E-state index < -0.39 is 0 Å². The van der Waals surface area contributed by atoms with E-state index in [1.165, 1.54) is 24.0 Å². The van der Waals surface area contributed by atoms with E-state index >= 15 is 0 Å². The summed E-state index contributed by atoms with van der Waals surface area (Å²) in [4.78, 5) is 18.3. The Balaban J connectivity index is 1.39. The van der Waals surface area contributed by atoms with Crippen molar-refractivity contribution in [1.29, 1.82) is 0 Å². The number of methoxy groups -OCH3 is 1. The maximum atomic E-state index is 13.5. The molecule has 3 atom stereocenters. The Morgan fingerprint density at radius 1 is 1.00 bits per heavy atom. The first-order valence-electron chi connectivity index (χ1n) is 11.9. The molecule has 0 bridgehead atoms. The maximum Gasteiger partial charge on any atom is 0.225 e. The van der Waals surface area contributed by atoms with Crippen molar-refractivity contribution < 1.29 is 9.53 Å². The van der Waals surface area contributed by atoms with Crippen molar-refractivity contribution in [2.75, 3.05) is 26.7 Å². The second-order valence-electron chi connectivity index (χ2n) is 9.60. The molecule has 2 heterocycles. The highest BCUT2D eigenvalue weighted by atomic mass is 16.5. The molecule has 1 saturated carbocycles. The summed E-state index contributed by atoms with van der Waals surface area (Å²) >= 11 is 0. The molecule has 5 rings (SSSR count). The van der Waals surface area contributed by atoms with E-state index in [4.69, 9.17) is 4.74 Å². The lowest BCUT2D eigenvalue weighted by Crippen LogP contribution is -2.48. The predicted molar refractivity (Wildman–Crippen MR) is 123 cm³/mol. The van der Waals surface area contributed by atoms with Crippen LogP contribution in [0.5, 0.6) is 5.75 Å². The summed E-state index contributed by atoms with van der Waals surface area (Å²) in [6, 6.07) is 19.7. The van der Waals surface area contributed by atoms with Crippen LogP contribution in [0.2, 0.25) is 0 Å². The fourth-order valence-corrected chi connectivity index (χ4v) is 6.18. The van der Waals surface area contributed by atoms with Gasteiger partial charge in [0.1, 0.15) is 5.75 Å². The summed E-state index contributed by atoms with van der Waals surface area (Å²) in [7, 11) is 1.73. The zero-order valence-electron chi connectivity index (χ0n) is 18.6. The van der Waals surface area contributed by atoms with Gasteiger partial charge < -0.3 is 9.64 Å². The van der Waals surface area contributed by atoms with Gasteiger partial charge in [-0.05, 0) is 42.5 Å². The molecule has 164 valence electrons. The van der Waals surface area contributed by atoms with Gasteiger partial charge >= 0.3 is 0 Å². The van der Waals surface area contributed by atoms with Crippen LogP contribution in [-0.2, 0) is 11.3 Å². The third kappa shape index (κ3) is 4.23. The van der Waals surface area contributed by atoms with Gasteiger partial charge in [-0.25, -0.2) is 0 Å². The largest absolute Gasteiger partial charge is 0.497 e. The minimum Gasteiger partial charge on any atom is -0.497 e. The molecule has 31 heavy (non-hydrogen) atoms. The third-order valence-corrected chi connectivity index (χ3v) is 7.77. The number of nitrogens with zero attached hydrogens (tertiary/aromatic N) is 2. The normalized spacial score (nSPS) is 26.7. The first kappa shape index (κ1) is 20.6. The van der Waals surface area contributed by atoms with Crippen molar-refractivity contribution in [1.82, 2.24) is 9.80 Å². The van der Waals surface area contributed by atoms with Crippen LogP contribution in [0.3, 0.4) is 0 Å². The Hall–Kier alpha value is -2.33. The van der Waals surface area contributed by atoms with Crippen LogP contribution in [-0.4, -0.2) is 48.5 Å². The number of hydrogen-bond acceptors (Lipinski definition) is 3. The van der Waals surface area contributed by atoms with Crippen LogP contribution in [0, 0.1) is 11.8 Å². The number of ether oxygens (including phenoxy) is 1. The molecule has 1 aliphatic carbocycles. The van der Waals surface area contributed by atoms with E-state index in [1.54, 1.807) is 7.11 Å². The minimum absolute atomic E-state index is 0.257. The van der Waals surface area contributed by atoms with Gasteiger partial charge in [0.05, 0.1) is 7.11 Å². The van der Waals surface area contributed by atoms with Gasteiger partial charge in [0.2, 0.25) is 5.91 Å². The van der Waals surface area contributed by atoms with E-state index in [2.05, 4.69) is 58.3 Å². The number of hydrogen-bond donors (Lipinski definition) is 0. The summed E-state index contributed by atoms with van der Waals surface area (Å²) in [5.74, 6) is 2.45. The average molecular weight is 419 g/mol. The van der Waals surface area contributed by atoms with E-state index in [0.29, 0.717) is 23.8 Å². The molecule has 4 nitrogen and oxygen atoms in total. The number of piperidine rings is 1. The predicted octanol–water partition coefficient (Wildman–Crippen LogP) is 4.70. The summed E-state index contributed by atoms with van der Waals surface area (Å²) in [6.07, 6.45) is 5.66. The first-order chi connectivity index (χ1) is 15.2. The van der Waals surface area contributed by atoms with E-state index in [0.717, 1.165) is 51.2 Å². The molecule has 2 aliphatic heterocycles. The Morgan fingerprint density at radius 3 is 2.58 bits per heavy atom. The number of rotatable bonds is 5. The lowest BCUT2D eigenvalue weighted by molar-refractivity contribution is -0.137. The molecule has 0 radical (unpaired) electrons. The molecule has 0 N–H and O–H groups in total. The maximum absolute atomic E-state index is 13.5. The van der Waals surface area contributed by atoms with E-state index in [9.17, 15) is 4.79 Å². The Morgan fingerprint density at radius 2 is 1.81 bits per heavy atom.